The van der Waals surface area contributed by atoms with Gasteiger partial charge in [0, 0.05) is 0 Å². The minimum absolute atomic E-state index is 0.108. The molecule has 0 unspecified atom stereocenters. The number of rotatable bonds is 2. The molecule has 1 aromatic carbocycles. The van der Waals surface area contributed by atoms with Crippen molar-refractivity contribution in [1.82, 2.24) is 30.2 Å². The number of nitrogens with one attached hydrogen (secondary N) is 2. The molecule has 0 radical (unpaired) electrons. The van der Waals surface area contributed by atoms with Crippen LogP contribution in [0.3, 0.4) is 0 Å². The van der Waals surface area contributed by atoms with Crippen molar-refractivity contribution in [2.75, 3.05) is 0 Å². The van der Waals surface area contributed by atoms with Gasteiger partial charge in [0.2, 0.25) is 0 Å². The lowest BCUT2D eigenvalue weighted by atomic mass is 10.2. The molecule has 2 N–H and O–H groups in total. The summed E-state index contributed by atoms with van der Waals surface area (Å²) in [6, 6.07) is 2.70. The largest absolute Gasteiger partial charge is 0.416 e. The van der Waals surface area contributed by atoms with Crippen LogP contribution in [-0.2, 0) is 12.7 Å². The fourth-order valence-corrected chi connectivity index (χ4v) is 2.00. The Balaban J connectivity index is 2.24. The molecule has 2 aromatic heterocycles. The number of hydrogen-bond acceptors (Lipinski definition) is 5. The third kappa shape index (κ3) is 2.36. The van der Waals surface area contributed by atoms with Gasteiger partial charge in [0.1, 0.15) is 0 Å². The Bertz CT molecular complexity index is 941. The Kier molecular flexibility index (Phi) is 3.04. The van der Waals surface area contributed by atoms with Crippen LogP contribution in [0.4, 0.5) is 13.2 Å². The number of fused-ring (bicyclic) bond motifs is 1. The molecule has 0 saturated carbocycles. The summed E-state index contributed by atoms with van der Waals surface area (Å²) in [6.45, 7) is -0.193. The van der Waals surface area contributed by atoms with Crippen molar-refractivity contribution in [3.8, 4) is 0 Å². The summed E-state index contributed by atoms with van der Waals surface area (Å²) >= 11 is 0. The number of benzene rings is 1. The lowest BCUT2D eigenvalue weighted by Gasteiger charge is -2.10. The molecule has 114 valence electrons. The first-order valence-corrected chi connectivity index (χ1v) is 5.92. The highest BCUT2D eigenvalue weighted by atomic mass is 19.4. The predicted octanol–water partition coefficient (Wildman–Crippen LogP) is 0.270. The van der Waals surface area contributed by atoms with E-state index in [0.29, 0.717) is 0 Å². The lowest BCUT2D eigenvalue weighted by molar-refractivity contribution is -0.137. The number of nitrogens with zero attached hydrogens (tertiary/aromatic N) is 4. The van der Waals surface area contributed by atoms with E-state index in [-0.39, 0.29) is 23.4 Å². The summed E-state index contributed by atoms with van der Waals surface area (Å²) in [5.74, 6) is 0.119. The average molecular weight is 312 g/mol. The van der Waals surface area contributed by atoms with Crippen LogP contribution in [0, 0.1) is 0 Å². The van der Waals surface area contributed by atoms with Crippen molar-refractivity contribution in [2.45, 2.75) is 12.7 Å². The van der Waals surface area contributed by atoms with Crippen molar-refractivity contribution in [2.24, 2.45) is 0 Å². The highest BCUT2D eigenvalue weighted by Gasteiger charge is 2.30. The van der Waals surface area contributed by atoms with E-state index < -0.39 is 22.9 Å². The summed E-state index contributed by atoms with van der Waals surface area (Å²) in [7, 11) is 0. The van der Waals surface area contributed by atoms with Gasteiger partial charge in [-0.3, -0.25) is 14.2 Å². The van der Waals surface area contributed by atoms with E-state index in [9.17, 15) is 22.8 Å². The van der Waals surface area contributed by atoms with E-state index in [1.165, 1.54) is 0 Å². The maximum absolute atomic E-state index is 12.7. The Morgan fingerprint density at radius 2 is 2.00 bits per heavy atom. The van der Waals surface area contributed by atoms with Gasteiger partial charge in [-0.15, -0.1) is 10.2 Å². The van der Waals surface area contributed by atoms with E-state index in [1.807, 2.05) is 0 Å². The topological polar surface area (TPSA) is 109 Å². The van der Waals surface area contributed by atoms with Crippen LogP contribution in [0.25, 0.3) is 11.0 Å². The second kappa shape index (κ2) is 4.79. The summed E-state index contributed by atoms with van der Waals surface area (Å²) in [5.41, 5.74) is -2.86. The molecule has 0 saturated heterocycles. The molecule has 0 spiro atoms. The van der Waals surface area contributed by atoms with Crippen LogP contribution < -0.4 is 11.1 Å². The first kappa shape index (κ1) is 14.0. The van der Waals surface area contributed by atoms with Crippen LogP contribution in [0.5, 0.6) is 0 Å². The molecular formula is C11H7F3N6O2. The van der Waals surface area contributed by atoms with Gasteiger partial charge in [0.05, 0.1) is 23.1 Å². The normalized spacial score (nSPS) is 12.0. The van der Waals surface area contributed by atoms with Gasteiger partial charge >= 0.3 is 17.3 Å². The Hall–Kier alpha value is -2.98. The summed E-state index contributed by atoms with van der Waals surface area (Å²) in [4.78, 5) is 25.6. The number of tetrazole rings is 1. The molecule has 0 aliphatic carbocycles. The third-order valence-electron chi connectivity index (χ3n) is 2.99. The maximum atomic E-state index is 12.7. The Labute approximate surface area is 118 Å². The van der Waals surface area contributed by atoms with E-state index in [2.05, 4.69) is 25.6 Å². The van der Waals surface area contributed by atoms with Crippen LogP contribution in [0.2, 0.25) is 0 Å². The molecule has 11 heteroatoms. The third-order valence-corrected chi connectivity index (χ3v) is 2.99. The van der Waals surface area contributed by atoms with Gasteiger partial charge in [-0.1, -0.05) is 5.21 Å². The quantitative estimate of drug-likeness (QED) is 0.660. The van der Waals surface area contributed by atoms with Crippen LogP contribution in [0.1, 0.15) is 11.4 Å². The van der Waals surface area contributed by atoms with Gasteiger partial charge in [-0.05, 0) is 18.2 Å². The number of H-pyrrole nitrogens is 2. The maximum Gasteiger partial charge on any atom is 0.416 e. The highest BCUT2D eigenvalue weighted by Crippen LogP contribution is 2.30. The van der Waals surface area contributed by atoms with Gasteiger partial charge in [-0.25, -0.2) is 0 Å². The number of aromatic nitrogens is 6. The number of halogens is 3. The molecule has 22 heavy (non-hydrogen) atoms. The van der Waals surface area contributed by atoms with E-state index in [4.69, 9.17) is 0 Å². The van der Waals surface area contributed by atoms with Gasteiger partial charge in [0.15, 0.2) is 5.82 Å². The van der Waals surface area contributed by atoms with Crippen LogP contribution in [-0.4, -0.2) is 30.2 Å². The van der Waals surface area contributed by atoms with Crippen molar-refractivity contribution in [3.05, 3.63) is 50.3 Å². The zero-order valence-electron chi connectivity index (χ0n) is 10.7. The average Bonchev–Trinajstić information content (AvgIpc) is 2.95. The summed E-state index contributed by atoms with van der Waals surface area (Å²) in [6.07, 6.45) is -4.56. The van der Waals surface area contributed by atoms with E-state index >= 15 is 0 Å². The van der Waals surface area contributed by atoms with Crippen molar-refractivity contribution >= 4 is 11.0 Å². The van der Waals surface area contributed by atoms with Crippen LogP contribution in [0.15, 0.2) is 27.8 Å². The second-order valence-corrected chi connectivity index (χ2v) is 4.40. The molecule has 3 aromatic rings. The molecule has 0 bridgehead atoms. The van der Waals surface area contributed by atoms with Crippen LogP contribution >= 0.6 is 0 Å². The minimum atomic E-state index is -4.56. The van der Waals surface area contributed by atoms with Crippen molar-refractivity contribution < 1.29 is 13.2 Å². The zero-order chi connectivity index (χ0) is 15.9. The standard InChI is InChI=1S/C11H7F3N6O2/c12-11(13,14)5-1-2-7-6(3-5)15-9(21)10(22)20(7)4-8-16-18-19-17-8/h1-3H,4H2,(H,15,21)(H,16,17,18,19). The van der Waals surface area contributed by atoms with Crippen molar-refractivity contribution in [3.63, 3.8) is 0 Å². The molecule has 0 fully saturated rings. The molecular weight excluding hydrogens is 305 g/mol. The number of hydrogen-bond donors (Lipinski definition) is 2. The van der Waals surface area contributed by atoms with Gasteiger partial charge < -0.3 is 4.98 Å². The molecule has 8 nitrogen and oxygen atoms in total. The molecule has 3 rings (SSSR count). The number of alkyl halides is 3. The SMILES string of the molecule is O=c1[nH]c2cc(C(F)(F)F)ccc2n(Cc2nn[nH]n2)c1=O. The Morgan fingerprint density at radius 1 is 1.23 bits per heavy atom. The van der Waals surface area contributed by atoms with Gasteiger partial charge in [0.25, 0.3) is 0 Å². The predicted molar refractivity (Wildman–Crippen MR) is 67.1 cm³/mol. The van der Waals surface area contributed by atoms with E-state index in [0.717, 1.165) is 22.8 Å². The molecule has 2 heterocycles. The first-order chi connectivity index (χ1) is 10.4. The monoisotopic (exact) mass is 312 g/mol. The summed E-state index contributed by atoms with van der Waals surface area (Å²) < 4.78 is 39.1. The van der Waals surface area contributed by atoms with E-state index in [1.54, 1.807) is 0 Å². The fourth-order valence-electron chi connectivity index (χ4n) is 2.00. The second-order valence-electron chi connectivity index (χ2n) is 4.40. The van der Waals surface area contributed by atoms with Crippen molar-refractivity contribution in [1.29, 1.82) is 0 Å². The lowest BCUT2D eigenvalue weighted by Crippen LogP contribution is -2.36. The zero-order valence-corrected chi connectivity index (χ0v) is 10.7. The molecule has 0 amide bonds. The smallest absolute Gasteiger partial charge is 0.316 e. The molecule has 0 atom stereocenters. The Morgan fingerprint density at radius 3 is 2.64 bits per heavy atom. The molecule has 0 aliphatic rings. The van der Waals surface area contributed by atoms with Gasteiger partial charge in [-0.2, -0.15) is 18.4 Å². The summed E-state index contributed by atoms with van der Waals surface area (Å²) in [5, 5.41) is 12.8. The minimum Gasteiger partial charge on any atom is -0.316 e. The first-order valence-electron chi connectivity index (χ1n) is 5.92. The number of aromatic amines is 2. The fraction of sp³-hybridized carbons (Fsp3) is 0.182. The highest BCUT2D eigenvalue weighted by molar-refractivity contribution is 5.75. The molecule has 0 aliphatic heterocycles.